The van der Waals surface area contributed by atoms with Crippen LogP contribution in [0.15, 0.2) is 35.1 Å². The SMILES string of the molecule is CN(C)CCSc1nccn1CCCc1cccs1. The fourth-order valence-corrected chi connectivity index (χ4v) is 3.65. The summed E-state index contributed by atoms with van der Waals surface area (Å²) in [7, 11) is 4.21. The number of nitrogens with zero attached hydrogens (tertiary/aromatic N) is 3. The molecule has 0 N–H and O–H groups in total. The van der Waals surface area contributed by atoms with Gasteiger partial charge in [-0.3, -0.25) is 0 Å². The number of aryl methyl sites for hydroxylation is 2. The molecule has 0 aliphatic carbocycles. The minimum Gasteiger partial charge on any atom is -0.326 e. The highest BCUT2D eigenvalue weighted by Gasteiger charge is 2.04. The number of hydrogen-bond donors (Lipinski definition) is 0. The smallest absolute Gasteiger partial charge is 0.167 e. The maximum Gasteiger partial charge on any atom is 0.167 e. The maximum absolute atomic E-state index is 4.44. The lowest BCUT2D eigenvalue weighted by atomic mass is 10.2. The van der Waals surface area contributed by atoms with Gasteiger partial charge in [-0.25, -0.2) is 4.98 Å². The standard InChI is InChI=1S/C14H21N3S2/c1-16(2)10-12-19-14-15-7-9-17(14)8-3-5-13-6-4-11-18-13/h4,6-7,9,11H,3,5,8,10,12H2,1-2H3. The van der Waals surface area contributed by atoms with E-state index in [-0.39, 0.29) is 0 Å². The molecule has 0 spiro atoms. The number of hydrogen-bond acceptors (Lipinski definition) is 4. The molecule has 0 saturated heterocycles. The molecular weight excluding hydrogens is 274 g/mol. The third-order valence-electron chi connectivity index (χ3n) is 2.85. The first-order valence-corrected chi connectivity index (χ1v) is 8.43. The van der Waals surface area contributed by atoms with Crippen molar-refractivity contribution in [3.05, 3.63) is 34.8 Å². The van der Waals surface area contributed by atoms with Gasteiger partial charge < -0.3 is 9.47 Å². The van der Waals surface area contributed by atoms with Crippen LogP contribution in [-0.4, -0.2) is 40.8 Å². The van der Waals surface area contributed by atoms with Crippen molar-refractivity contribution in [2.75, 3.05) is 26.4 Å². The largest absolute Gasteiger partial charge is 0.326 e. The van der Waals surface area contributed by atoms with Gasteiger partial charge in [0.2, 0.25) is 0 Å². The molecule has 19 heavy (non-hydrogen) atoms. The lowest BCUT2D eigenvalue weighted by Gasteiger charge is -2.10. The molecule has 3 nitrogen and oxygen atoms in total. The van der Waals surface area contributed by atoms with Crippen LogP contribution < -0.4 is 0 Å². The zero-order valence-corrected chi connectivity index (χ0v) is 13.2. The molecule has 2 aromatic heterocycles. The van der Waals surface area contributed by atoms with E-state index in [1.165, 1.54) is 11.3 Å². The first kappa shape index (κ1) is 14.6. The maximum atomic E-state index is 4.44. The highest BCUT2D eigenvalue weighted by molar-refractivity contribution is 7.99. The summed E-state index contributed by atoms with van der Waals surface area (Å²) in [5, 5.41) is 3.29. The van der Waals surface area contributed by atoms with Crippen LogP contribution in [0.1, 0.15) is 11.3 Å². The first-order chi connectivity index (χ1) is 9.25. The van der Waals surface area contributed by atoms with Gasteiger partial charge in [0.15, 0.2) is 5.16 Å². The third-order valence-corrected chi connectivity index (χ3v) is 4.77. The van der Waals surface area contributed by atoms with Gasteiger partial charge in [-0.15, -0.1) is 11.3 Å². The summed E-state index contributed by atoms with van der Waals surface area (Å²) in [6.45, 7) is 2.15. The molecule has 0 aliphatic rings. The first-order valence-electron chi connectivity index (χ1n) is 6.57. The third kappa shape index (κ3) is 5.01. The number of thioether (sulfide) groups is 1. The molecule has 104 valence electrons. The van der Waals surface area contributed by atoms with Crippen molar-refractivity contribution in [3.63, 3.8) is 0 Å². The summed E-state index contributed by atoms with van der Waals surface area (Å²) in [4.78, 5) is 8.12. The lowest BCUT2D eigenvalue weighted by molar-refractivity contribution is 0.437. The van der Waals surface area contributed by atoms with E-state index in [1.54, 1.807) is 0 Å². The van der Waals surface area contributed by atoms with Gasteiger partial charge in [0.1, 0.15) is 0 Å². The topological polar surface area (TPSA) is 21.1 Å². The average molecular weight is 295 g/mol. The van der Waals surface area contributed by atoms with Crippen LogP contribution in [0.25, 0.3) is 0 Å². The van der Waals surface area contributed by atoms with Crippen LogP contribution in [0.5, 0.6) is 0 Å². The van der Waals surface area contributed by atoms with Crippen LogP contribution in [-0.2, 0) is 13.0 Å². The van der Waals surface area contributed by atoms with Gasteiger partial charge in [0.05, 0.1) is 0 Å². The van der Waals surface area contributed by atoms with Gasteiger partial charge in [-0.05, 0) is 38.4 Å². The van der Waals surface area contributed by atoms with Crippen molar-refractivity contribution in [1.82, 2.24) is 14.5 Å². The predicted octanol–water partition coefficient (Wildman–Crippen LogP) is 3.23. The van der Waals surface area contributed by atoms with Crippen molar-refractivity contribution < 1.29 is 0 Å². The molecule has 5 heteroatoms. The highest BCUT2D eigenvalue weighted by atomic mass is 32.2. The number of aromatic nitrogens is 2. The molecule has 0 unspecified atom stereocenters. The fraction of sp³-hybridized carbons (Fsp3) is 0.500. The second-order valence-electron chi connectivity index (χ2n) is 4.74. The Morgan fingerprint density at radius 1 is 1.42 bits per heavy atom. The van der Waals surface area contributed by atoms with E-state index in [1.807, 2.05) is 29.3 Å². The summed E-state index contributed by atoms with van der Waals surface area (Å²) in [5.74, 6) is 1.09. The summed E-state index contributed by atoms with van der Waals surface area (Å²) in [6.07, 6.45) is 6.34. The molecule has 0 radical (unpaired) electrons. The second kappa shape index (κ2) is 7.72. The zero-order chi connectivity index (χ0) is 13.5. The molecule has 0 fully saturated rings. The zero-order valence-electron chi connectivity index (χ0n) is 11.6. The Morgan fingerprint density at radius 2 is 2.32 bits per heavy atom. The van der Waals surface area contributed by atoms with E-state index in [4.69, 9.17) is 0 Å². The van der Waals surface area contributed by atoms with Gasteiger partial charge >= 0.3 is 0 Å². The molecule has 0 bridgehead atoms. The Kier molecular flexibility index (Phi) is 5.94. The van der Waals surface area contributed by atoms with E-state index in [0.717, 1.165) is 30.4 Å². The summed E-state index contributed by atoms with van der Waals surface area (Å²) in [6, 6.07) is 4.34. The Morgan fingerprint density at radius 3 is 3.05 bits per heavy atom. The molecular formula is C14H21N3S2. The molecule has 0 aliphatic heterocycles. The fourth-order valence-electron chi connectivity index (χ4n) is 1.80. The Bertz CT molecular complexity index is 463. The Hall–Kier alpha value is -0.780. The normalized spacial score (nSPS) is 11.3. The number of imidazole rings is 1. The van der Waals surface area contributed by atoms with Crippen LogP contribution in [0.4, 0.5) is 0 Å². The molecule has 0 aromatic carbocycles. The highest BCUT2D eigenvalue weighted by Crippen LogP contribution is 2.17. The second-order valence-corrected chi connectivity index (χ2v) is 6.83. The molecule has 0 amide bonds. The monoisotopic (exact) mass is 295 g/mol. The predicted molar refractivity (Wildman–Crippen MR) is 84.1 cm³/mol. The molecule has 2 heterocycles. The van der Waals surface area contributed by atoms with Crippen molar-refractivity contribution in [1.29, 1.82) is 0 Å². The van der Waals surface area contributed by atoms with E-state index >= 15 is 0 Å². The molecule has 0 atom stereocenters. The van der Waals surface area contributed by atoms with Crippen LogP contribution in [0, 0.1) is 0 Å². The van der Waals surface area contributed by atoms with Crippen LogP contribution >= 0.6 is 23.1 Å². The quantitative estimate of drug-likeness (QED) is 0.698. The van der Waals surface area contributed by atoms with Gasteiger partial charge in [0.25, 0.3) is 0 Å². The summed E-state index contributed by atoms with van der Waals surface area (Å²) >= 11 is 3.69. The minimum absolute atomic E-state index is 1.06. The van der Waals surface area contributed by atoms with Crippen LogP contribution in [0.3, 0.4) is 0 Å². The van der Waals surface area contributed by atoms with Crippen molar-refractivity contribution in [2.24, 2.45) is 0 Å². The van der Waals surface area contributed by atoms with Gasteiger partial charge in [0, 0.05) is 36.1 Å². The van der Waals surface area contributed by atoms with E-state index in [9.17, 15) is 0 Å². The van der Waals surface area contributed by atoms with Crippen molar-refractivity contribution >= 4 is 23.1 Å². The summed E-state index contributed by atoms with van der Waals surface area (Å²) in [5.41, 5.74) is 0. The van der Waals surface area contributed by atoms with Gasteiger partial charge in [-0.2, -0.15) is 0 Å². The van der Waals surface area contributed by atoms with Crippen LogP contribution in [0.2, 0.25) is 0 Å². The lowest BCUT2D eigenvalue weighted by Crippen LogP contribution is -2.15. The van der Waals surface area contributed by atoms with Crippen molar-refractivity contribution in [3.8, 4) is 0 Å². The molecule has 2 rings (SSSR count). The van der Waals surface area contributed by atoms with Gasteiger partial charge in [-0.1, -0.05) is 17.8 Å². The Labute approximate surface area is 123 Å². The molecule has 0 saturated carbocycles. The Balaban J connectivity index is 1.75. The number of rotatable bonds is 8. The molecule has 2 aromatic rings. The average Bonchev–Trinajstić information content (AvgIpc) is 3.01. The van der Waals surface area contributed by atoms with Crippen molar-refractivity contribution in [2.45, 2.75) is 24.5 Å². The minimum atomic E-state index is 1.06. The van der Waals surface area contributed by atoms with E-state index in [2.05, 4.69) is 52.3 Å². The number of thiophene rings is 1. The van der Waals surface area contributed by atoms with E-state index in [0.29, 0.717) is 0 Å². The van der Waals surface area contributed by atoms with E-state index < -0.39 is 0 Å². The summed E-state index contributed by atoms with van der Waals surface area (Å²) < 4.78 is 2.27.